The highest BCUT2D eigenvalue weighted by Gasteiger charge is 2.34. The van der Waals surface area contributed by atoms with Crippen molar-refractivity contribution in [2.45, 2.75) is 25.7 Å². The number of likely N-dealkylation sites (N-methyl/N-ethyl adjacent to an activating group) is 1. The molecule has 0 spiro atoms. The van der Waals surface area contributed by atoms with Gasteiger partial charge in [0.1, 0.15) is 0 Å². The quantitative estimate of drug-likeness (QED) is 0.424. The van der Waals surface area contributed by atoms with Crippen molar-refractivity contribution in [1.29, 1.82) is 0 Å². The fourth-order valence-corrected chi connectivity index (χ4v) is 5.74. The van der Waals surface area contributed by atoms with E-state index in [1.54, 1.807) is 18.3 Å². The van der Waals surface area contributed by atoms with E-state index in [4.69, 9.17) is 11.6 Å². The van der Waals surface area contributed by atoms with Crippen LogP contribution in [0, 0.1) is 0 Å². The van der Waals surface area contributed by atoms with Gasteiger partial charge < -0.3 is 9.80 Å². The molecule has 36 heavy (non-hydrogen) atoms. The zero-order valence-electron chi connectivity index (χ0n) is 19.6. The molecule has 5 rings (SSSR count). The summed E-state index contributed by atoms with van der Waals surface area (Å²) < 4.78 is 42.0. The van der Waals surface area contributed by atoms with Crippen LogP contribution in [0.25, 0.3) is 17.0 Å². The Morgan fingerprint density at radius 1 is 1.19 bits per heavy atom. The topological polar surface area (TPSA) is 53.7 Å². The zero-order valence-corrected chi connectivity index (χ0v) is 21.2. The molecule has 2 aromatic carbocycles. The number of amides is 1. The molecule has 1 aromatic heterocycles. The molecule has 0 bridgehead atoms. The normalized spacial score (nSPS) is 20.6. The van der Waals surface area contributed by atoms with Crippen LogP contribution >= 0.6 is 23.4 Å². The molecule has 3 heterocycles. The monoisotopic (exact) mass is 533 g/mol. The molecule has 1 amide bonds. The zero-order chi connectivity index (χ0) is 25.6. The second-order valence-electron chi connectivity index (χ2n) is 9.03. The van der Waals surface area contributed by atoms with Crippen molar-refractivity contribution in [2.24, 2.45) is 4.99 Å². The fraction of sp³-hybridized carbons (Fsp3) is 0.320. The molecule has 0 radical (unpaired) electrons. The minimum absolute atomic E-state index is 0.0302. The standard InChI is InChI=1S/C25H23ClF3N5OS/c1-15-13-32(2)7-8-33(15)24-31-23(35)22(36-24)10-16-3-6-21-18(9-16)12-30-34(21)14-17-4-5-19(26)11-20(17)25(27,28)29/h3-6,9-12,15H,7-8,13-14H2,1-2H3. The van der Waals surface area contributed by atoms with E-state index in [0.29, 0.717) is 10.4 Å². The Balaban J connectivity index is 1.36. The molecule has 1 atom stereocenters. The van der Waals surface area contributed by atoms with Crippen molar-refractivity contribution in [3.05, 3.63) is 69.2 Å². The molecule has 1 unspecified atom stereocenters. The molecule has 1 saturated heterocycles. The smallest absolute Gasteiger partial charge is 0.346 e. The highest BCUT2D eigenvalue weighted by molar-refractivity contribution is 8.18. The number of aliphatic imine (C=N–C) groups is 1. The molecule has 1 fully saturated rings. The molecular formula is C25H23ClF3N5OS. The van der Waals surface area contributed by atoms with E-state index in [0.717, 1.165) is 41.8 Å². The van der Waals surface area contributed by atoms with Gasteiger partial charge in [-0.25, -0.2) is 0 Å². The summed E-state index contributed by atoms with van der Waals surface area (Å²) in [4.78, 5) is 21.8. The Kier molecular flexibility index (Phi) is 6.61. The van der Waals surface area contributed by atoms with Gasteiger partial charge in [-0.3, -0.25) is 9.48 Å². The molecule has 188 valence electrons. The number of alkyl halides is 3. The first-order valence-electron chi connectivity index (χ1n) is 11.4. The van der Waals surface area contributed by atoms with Crippen molar-refractivity contribution in [2.75, 3.05) is 26.7 Å². The van der Waals surface area contributed by atoms with Crippen LogP contribution < -0.4 is 0 Å². The lowest BCUT2D eigenvalue weighted by atomic mass is 10.1. The molecule has 0 aliphatic carbocycles. The van der Waals surface area contributed by atoms with E-state index in [1.807, 2.05) is 12.1 Å². The maximum absolute atomic E-state index is 13.5. The summed E-state index contributed by atoms with van der Waals surface area (Å²) in [5.41, 5.74) is 0.790. The summed E-state index contributed by atoms with van der Waals surface area (Å²) in [6.45, 7) is 4.72. The third-order valence-electron chi connectivity index (χ3n) is 6.35. The van der Waals surface area contributed by atoms with E-state index in [2.05, 4.69) is 33.9 Å². The first-order chi connectivity index (χ1) is 17.1. The number of fused-ring (bicyclic) bond motifs is 1. The van der Waals surface area contributed by atoms with Crippen molar-refractivity contribution < 1.29 is 18.0 Å². The van der Waals surface area contributed by atoms with Crippen LogP contribution in [0.5, 0.6) is 0 Å². The van der Waals surface area contributed by atoms with E-state index in [1.165, 1.54) is 28.6 Å². The Bertz CT molecular complexity index is 1400. The SMILES string of the molecule is CC1CN(C)CCN1C1=NC(=O)C(=Cc2ccc3c(cnn3Cc3ccc(Cl)cc3C(F)(F)F)c2)S1. The number of aromatic nitrogens is 2. The second-order valence-corrected chi connectivity index (χ2v) is 10.5. The van der Waals surface area contributed by atoms with Crippen molar-refractivity contribution >= 4 is 51.4 Å². The first kappa shape index (κ1) is 24.9. The molecule has 3 aromatic rings. The molecule has 0 saturated carbocycles. The summed E-state index contributed by atoms with van der Waals surface area (Å²) in [5.74, 6) is -0.265. The van der Waals surface area contributed by atoms with Crippen LogP contribution in [-0.2, 0) is 17.5 Å². The van der Waals surface area contributed by atoms with Crippen LogP contribution in [0.1, 0.15) is 23.6 Å². The summed E-state index contributed by atoms with van der Waals surface area (Å²) in [6.07, 6.45) is -1.11. The highest BCUT2D eigenvalue weighted by atomic mass is 35.5. The largest absolute Gasteiger partial charge is 0.416 e. The van der Waals surface area contributed by atoms with Crippen molar-refractivity contribution in [3.63, 3.8) is 0 Å². The Morgan fingerprint density at radius 2 is 2.00 bits per heavy atom. The molecule has 0 N–H and O–H groups in total. The summed E-state index contributed by atoms with van der Waals surface area (Å²) in [6, 6.07) is 9.50. The number of rotatable bonds is 3. The highest BCUT2D eigenvalue weighted by Crippen LogP contribution is 2.35. The molecule has 6 nitrogen and oxygen atoms in total. The number of benzene rings is 2. The van der Waals surface area contributed by atoms with E-state index in [9.17, 15) is 18.0 Å². The van der Waals surface area contributed by atoms with Crippen molar-refractivity contribution in [1.82, 2.24) is 19.6 Å². The van der Waals surface area contributed by atoms with Crippen molar-refractivity contribution in [3.8, 4) is 0 Å². The van der Waals surface area contributed by atoms with Crippen LogP contribution in [-0.4, -0.2) is 63.4 Å². The van der Waals surface area contributed by atoms with Gasteiger partial charge in [-0.15, -0.1) is 0 Å². The lowest BCUT2D eigenvalue weighted by Crippen LogP contribution is -2.51. The fourth-order valence-electron chi connectivity index (χ4n) is 4.53. The predicted molar refractivity (Wildman–Crippen MR) is 137 cm³/mol. The number of thioether (sulfide) groups is 1. The minimum Gasteiger partial charge on any atom is -0.346 e. The number of amidine groups is 1. The number of piperazine rings is 1. The third kappa shape index (κ3) is 5.02. The van der Waals surface area contributed by atoms with Gasteiger partial charge in [0.2, 0.25) is 0 Å². The molecule has 2 aliphatic rings. The van der Waals surface area contributed by atoms with Gasteiger partial charge in [0.25, 0.3) is 5.91 Å². The number of hydrogen-bond acceptors (Lipinski definition) is 5. The average molecular weight is 534 g/mol. The van der Waals surface area contributed by atoms with E-state index < -0.39 is 11.7 Å². The average Bonchev–Trinajstić information content (AvgIpc) is 3.37. The number of carbonyl (C=O) groups excluding carboxylic acids is 1. The van der Waals surface area contributed by atoms with Crippen LogP contribution in [0.3, 0.4) is 0 Å². The number of halogens is 4. The lowest BCUT2D eigenvalue weighted by molar-refractivity contribution is -0.138. The first-order valence-corrected chi connectivity index (χ1v) is 12.6. The van der Waals surface area contributed by atoms with E-state index >= 15 is 0 Å². The van der Waals surface area contributed by atoms with Gasteiger partial charge in [-0.1, -0.05) is 23.7 Å². The summed E-state index contributed by atoms with van der Waals surface area (Å²) >= 11 is 7.17. The summed E-state index contributed by atoms with van der Waals surface area (Å²) in [7, 11) is 2.08. The minimum atomic E-state index is -4.52. The Labute approximate surface area is 215 Å². The van der Waals surface area contributed by atoms with Gasteiger partial charge in [0, 0.05) is 36.1 Å². The lowest BCUT2D eigenvalue weighted by Gasteiger charge is -2.38. The van der Waals surface area contributed by atoms with Gasteiger partial charge in [0.15, 0.2) is 5.17 Å². The second kappa shape index (κ2) is 9.57. The number of nitrogens with zero attached hydrogens (tertiary/aromatic N) is 5. The van der Waals surface area contributed by atoms with E-state index in [-0.39, 0.29) is 29.1 Å². The van der Waals surface area contributed by atoms with Crippen LogP contribution in [0.4, 0.5) is 13.2 Å². The molecule has 2 aliphatic heterocycles. The van der Waals surface area contributed by atoms with Gasteiger partial charge in [-0.05, 0) is 67.2 Å². The third-order valence-corrected chi connectivity index (χ3v) is 7.60. The van der Waals surface area contributed by atoms with Gasteiger partial charge in [0.05, 0.1) is 28.7 Å². The van der Waals surface area contributed by atoms with Gasteiger partial charge >= 0.3 is 6.18 Å². The number of hydrogen-bond donors (Lipinski definition) is 0. The van der Waals surface area contributed by atoms with Crippen LogP contribution in [0.15, 0.2) is 52.5 Å². The van der Waals surface area contributed by atoms with Crippen LogP contribution in [0.2, 0.25) is 5.02 Å². The molecule has 11 heteroatoms. The maximum Gasteiger partial charge on any atom is 0.416 e. The molecular weight excluding hydrogens is 511 g/mol. The number of carbonyl (C=O) groups is 1. The predicted octanol–water partition coefficient (Wildman–Crippen LogP) is 5.36. The maximum atomic E-state index is 13.5. The Hall–Kier alpha value is -2.82. The van der Waals surface area contributed by atoms with Gasteiger partial charge in [-0.2, -0.15) is 23.3 Å². The summed E-state index contributed by atoms with van der Waals surface area (Å²) in [5, 5.41) is 5.82. The Morgan fingerprint density at radius 3 is 2.75 bits per heavy atom.